The van der Waals surface area contributed by atoms with Gasteiger partial charge in [0.25, 0.3) is 0 Å². The second-order valence-electron chi connectivity index (χ2n) is 7.51. The maximum Gasteiger partial charge on any atom is 0.234 e. The number of hydrogen-bond acceptors (Lipinski definition) is 7. The zero-order valence-corrected chi connectivity index (χ0v) is 20.3. The van der Waals surface area contributed by atoms with Crippen molar-refractivity contribution in [3.8, 4) is 34.3 Å². The first kappa shape index (κ1) is 23.1. The maximum absolute atomic E-state index is 12.7. The van der Waals surface area contributed by atoms with Crippen LogP contribution in [-0.2, 0) is 4.79 Å². The molecular formula is C25H21ClN4O4S. The van der Waals surface area contributed by atoms with Crippen LogP contribution in [0.5, 0.6) is 17.2 Å². The summed E-state index contributed by atoms with van der Waals surface area (Å²) < 4.78 is 18.5. The highest BCUT2D eigenvalue weighted by Crippen LogP contribution is 2.34. The monoisotopic (exact) mass is 508 g/mol. The van der Waals surface area contributed by atoms with E-state index in [0.717, 1.165) is 11.3 Å². The van der Waals surface area contributed by atoms with Crippen molar-refractivity contribution < 1.29 is 19.0 Å². The maximum atomic E-state index is 12.7. The molecule has 5 rings (SSSR count). The highest BCUT2D eigenvalue weighted by atomic mass is 35.5. The Hall–Kier alpha value is -3.69. The van der Waals surface area contributed by atoms with E-state index in [2.05, 4.69) is 15.5 Å². The summed E-state index contributed by atoms with van der Waals surface area (Å²) in [7, 11) is 1.61. The van der Waals surface area contributed by atoms with E-state index in [0.29, 0.717) is 52.2 Å². The Kier molecular flexibility index (Phi) is 6.78. The molecule has 0 saturated carbocycles. The lowest BCUT2D eigenvalue weighted by atomic mass is 10.2. The molecule has 2 heterocycles. The van der Waals surface area contributed by atoms with E-state index < -0.39 is 0 Å². The van der Waals surface area contributed by atoms with Crippen LogP contribution in [0.3, 0.4) is 0 Å². The highest BCUT2D eigenvalue weighted by molar-refractivity contribution is 7.99. The van der Waals surface area contributed by atoms with Crippen LogP contribution in [-0.4, -0.2) is 46.7 Å². The van der Waals surface area contributed by atoms with Gasteiger partial charge >= 0.3 is 0 Å². The predicted octanol–water partition coefficient (Wildman–Crippen LogP) is 5.10. The lowest BCUT2D eigenvalue weighted by molar-refractivity contribution is -0.113. The number of aromatic nitrogens is 3. The SMILES string of the molecule is COc1ccccc1-c1nnc(SCC(=O)Nc2ccc3c(c2)OCCO3)n1-c1ccc(Cl)cc1. The fourth-order valence-electron chi connectivity index (χ4n) is 3.64. The fourth-order valence-corrected chi connectivity index (χ4v) is 4.52. The van der Waals surface area contributed by atoms with E-state index in [9.17, 15) is 4.79 Å². The number of para-hydroxylation sites is 1. The molecule has 8 nitrogen and oxygen atoms in total. The van der Waals surface area contributed by atoms with Gasteiger partial charge in [-0.2, -0.15) is 0 Å². The average molecular weight is 509 g/mol. The smallest absolute Gasteiger partial charge is 0.234 e. The summed E-state index contributed by atoms with van der Waals surface area (Å²) >= 11 is 7.38. The van der Waals surface area contributed by atoms with Gasteiger partial charge in [0.1, 0.15) is 19.0 Å². The van der Waals surface area contributed by atoms with E-state index in [1.54, 1.807) is 37.4 Å². The number of thioether (sulfide) groups is 1. The average Bonchev–Trinajstić information content (AvgIpc) is 3.31. The second-order valence-corrected chi connectivity index (χ2v) is 8.89. The Morgan fingerprint density at radius 2 is 1.83 bits per heavy atom. The first-order valence-corrected chi connectivity index (χ1v) is 12.2. The van der Waals surface area contributed by atoms with Crippen molar-refractivity contribution in [1.82, 2.24) is 14.8 Å². The number of ether oxygens (including phenoxy) is 3. The molecule has 0 radical (unpaired) electrons. The number of carbonyl (C=O) groups is 1. The van der Waals surface area contributed by atoms with Gasteiger partial charge in [0.05, 0.1) is 18.4 Å². The number of halogens is 1. The van der Waals surface area contributed by atoms with Crippen molar-refractivity contribution in [3.63, 3.8) is 0 Å². The number of hydrogen-bond donors (Lipinski definition) is 1. The normalized spacial score (nSPS) is 12.3. The number of carbonyl (C=O) groups excluding carboxylic acids is 1. The summed E-state index contributed by atoms with van der Waals surface area (Å²) in [5.41, 5.74) is 2.23. The topological polar surface area (TPSA) is 87.5 Å². The van der Waals surface area contributed by atoms with Crippen LogP contribution in [0.25, 0.3) is 17.1 Å². The van der Waals surface area contributed by atoms with Crippen molar-refractivity contribution in [1.29, 1.82) is 0 Å². The van der Waals surface area contributed by atoms with Crippen molar-refractivity contribution >= 4 is 35.0 Å². The lowest BCUT2D eigenvalue weighted by Crippen LogP contribution is -2.17. The summed E-state index contributed by atoms with van der Waals surface area (Å²) in [4.78, 5) is 12.7. The zero-order chi connectivity index (χ0) is 24.2. The standard InChI is InChI=1S/C25H21ClN4O4S/c1-32-20-5-3-2-4-19(20)24-28-29-25(30(24)18-9-6-16(26)7-10-18)35-15-23(31)27-17-8-11-21-22(14-17)34-13-12-33-21/h2-11,14H,12-13,15H2,1H3,(H,27,31). The molecule has 1 aliphatic rings. The number of benzene rings is 3. The van der Waals surface area contributed by atoms with Gasteiger partial charge in [-0.3, -0.25) is 9.36 Å². The molecule has 1 aliphatic heterocycles. The number of fused-ring (bicyclic) bond motifs is 1. The zero-order valence-electron chi connectivity index (χ0n) is 18.7. The van der Waals surface area contributed by atoms with Gasteiger partial charge in [-0.25, -0.2) is 0 Å². The van der Waals surface area contributed by atoms with Crippen LogP contribution in [0.1, 0.15) is 0 Å². The summed E-state index contributed by atoms with van der Waals surface area (Å²) in [6.45, 7) is 0.996. The summed E-state index contributed by atoms with van der Waals surface area (Å²) in [6, 6.07) is 20.3. The number of rotatable bonds is 7. The van der Waals surface area contributed by atoms with Gasteiger partial charge in [0, 0.05) is 22.5 Å². The number of anilines is 1. The van der Waals surface area contributed by atoms with Crippen LogP contribution in [0.15, 0.2) is 71.9 Å². The Balaban J connectivity index is 1.39. The molecule has 0 spiro atoms. The molecule has 10 heteroatoms. The fraction of sp³-hybridized carbons (Fsp3) is 0.160. The molecule has 35 heavy (non-hydrogen) atoms. The number of nitrogens with one attached hydrogen (secondary N) is 1. The van der Waals surface area contributed by atoms with Gasteiger partial charge in [0.15, 0.2) is 22.5 Å². The summed E-state index contributed by atoms with van der Waals surface area (Å²) in [5.74, 6) is 2.50. The van der Waals surface area contributed by atoms with Crippen LogP contribution in [0.4, 0.5) is 5.69 Å². The van der Waals surface area contributed by atoms with Crippen molar-refractivity contribution in [2.45, 2.75) is 5.16 Å². The van der Waals surface area contributed by atoms with Crippen molar-refractivity contribution in [3.05, 3.63) is 71.8 Å². The largest absolute Gasteiger partial charge is 0.496 e. The molecule has 3 aromatic carbocycles. The Bertz CT molecular complexity index is 1360. The Labute approximate surface area is 211 Å². The molecule has 4 aromatic rings. The van der Waals surface area contributed by atoms with Gasteiger partial charge in [-0.15, -0.1) is 10.2 Å². The quantitative estimate of drug-likeness (QED) is 0.347. The van der Waals surface area contributed by atoms with Gasteiger partial charge in [-0.1, -0.05) is 35.5 Å². The first-order chi connectivity index (χ1) is 17.1. The van der Waals surface area contributed by atoms with Crippen molar-refractivity contribution in [2.24, 2.45) is 0 Å². The number of methoxy groups -OCH3 is 1. The van der Waals surface area contributed by atoms with E-state index in [1.807, 2.05) is 41.0 Å². The molecule has 178 valence electrons. The Morgan fingerprint density at radius 3 is 2.63 bits per heavy atom. The summed E-state index contributed by atoms with van der Waals surface area (Å²) in [6.07, 6.45) is 0. The molecule has 0 atom stereocenters. The molecule has 1 amide bonds. The highest BCUT2D eigenvalue weighted by Gasteiger charge is 2.20. The third-order valence-corrected chi connectivity index (χ3v) is 6.41. The van der Waals surface area contributed by atoms with Gasteiger partial charge < -0.3 is 19.5 Å². The van der Waals surface area contributed by atoms with E-state index in [1.165, 1.54) is 11.8 Å². The molecule has 0 aliphatic carbocycles. The minimum atomic E-state index is -0.184. The summed E-state index contributed by atoms with van der Waals surface area (Å²) in [5, 5.41) is 12.9. The van der Waals surface area contributed by atoms with Crippen LogP contribution >= 0.6 is 23.4 Å². The Morgan fingerprint density at radius 1 is 1.06 bits per heavy atom. The van der Waals surface area contributed by atoms with E-state index >= 15 is 0 Å². The first-order valence-electron chi connectivity index (χ1n) is 10.8. The molecule has 1 aromatic heterocycles. The second kappa shape index (κ2) is 10.3. The van der Waals surface area contributed by atoms with Crippen molar-refractivity contribution in [2.75, 3.05) is 31.4 Å². The van der Waals surface area contributed by atoms with Gasteiger partial charge in [0.2, 0.25) is 5.91 Å². The third-order valence-electron chi connectivity index (χ3n) is 5.22. The van der Waals surface area contributed by atoms with E-state index in [4.69, 9.17) is 25.8 Å². The predicted molar refractivity (Wildman–Crippen MR) is 135 cm³/mol. The van der Waals surface area contributed by atoms with E-state index in [-0.39, 0.29) is 11.7 Å². The molecule has 0 fully saturated rings. The molecule has 0 saturated heterocycles. The lowest BCUT2D eigenvalue weighted by Gasteiger charge is -2.19. The third kappa shape index (κ3) is 5.06. The minimum Gasteiger partial charge on any atom is -0.496 e. The molecule has 1 N–H and O–H groups in total. The molecule has 0 unspecified atom stereocenters. The molecule has 0 bridgehead atoms. The van der Waals surface area contributed by atoms with Crippen LogP contribution in [0, 0.1) is 0 Å². The minimum absolute atomic E-state index is 0.131. The van der Waals surface area contributed by atoms with Crippen LogP contribution < -0.4 is 19.5 Å². The number of nitrogens with zero attached hydrogens (tertiary/aromatic N) is 3. The van der Waals surface area contributed by atoms with Crippen LogP contribution in [0.2, 0.25) is 5.02 Å². The van der Waals surface area contributed by atoms with Gasteiger partial charge in [-0.05, 0) is 48.5 Å². The molecular weight excluding hydrogens is 488 g/mol. The number of amides is 1.